The number of carbonyl (C=O) groups excluding carboxylic acids is 2. The summed E-state index contributed by atoms with van der Waals surface area (Å²) in [6.45, 7) is 8.10. The number of methoxy groups -OCH3 is 1. The van der Waals surface area contributed by atoms with Crippen molar-refractivity contribution in [2.75, 3.05) is 17.7 Å². The Morgan fingerprint density at radius 2 is 1.77 bits per heavy atom. The second-order valence-electron chi connectivity index (χ2n) is 8.13. The lowest BCUT2D eigenvalue weighted by Gasteiger charge is -2.26. The van der Waals surface area contributed by atoms with Gasteiger partial charge in [0.2, 0.25) is 11.8 Å². The van der Waals surface area contributed by atoms with Gasteiger partial charge in [0.15, 0.2) is 0 Å². The van der Waals surface area contributed by atoms with Crippen molar-refractivity contribution < 1.29 is 14.3 Å². The van der Waals surface area contributed by atoms with Gasteiger partial charge in [0, 0.05) is 12.5 Å². The van der Waals surface area contributed by atoms with Crippen molar-refractivity contribution in [1.82, 2.24) is 20.2 Å². The van der Waals surface area contributed by atoms with Crippen molar-refractivity contribution >= 4 is 36.4 Å². The van der Waals surface area contributed by atoms with E-state index in [1.54, 1.807) is 7.11 Å². The van der Waals surface area contributed by atoms with Crippen molar-refractivity contribution in [3.05, 3.63) is 42.7 Å². The average Bonchev–Trinajstić information content (AvgIpc) is 3.20. The number of nitrogens with one attached hydrogen (secondary N) is 2. The molecule has 0 saturated heterocycles. The molecule has 9 nitrogen and oxygen atoms in total. The summed E-state index contributed by atoms with van der Waals surface area (Å²) in [4.78, 5) is 24.7. The van der Waals surface area contributed by atoms with Gasteiger partial charge in [-0.3, -0.25) is 9.59 Å². The number of anilines is 2. The monoisotopic (exact) mass is 438 g/mol. The Labute approximate surface area is 181 Å². The highest BCUT2D eigenvalue weighted by atomic mass is 28.3. The molecule has 0 aliphatic rings. The maximum atomic E-state index is 12.8. The zero-order chi connectivity index (χ0) is 22.6. The van der Waals surface area contributed by atoms with Gasteiger partial charge in [-0.2, -0.15) is 0 Å². The fourth-order valence-electron chi connectivity index (χ4n) is 3.29. The molecule has 2 aromatic carbocycles. The van der Waals surface area contributed by atoms with Crippen LogP contribution in [0.3, 0.4) is 0 Å². The molecule has 1 aromatic heterocycles. The van der Waals surface area contributed by atoms with E-state index in [9.17, 15) is 9.59 Å². The third-order valence-corrected chi connectivity index (χ3v) is 6.70. The number of benzene rings is 2. The van der Waals surface area contributed by atoms with Gasteiger partial charge in [-0.25, -0.2) is 4.68 Å². The molecular weight excluding hydrogens is 412 g/mol. The summed E-state index contributed by atoms with van der Waals surface area (Å²) in [5.74, 6) is 0.208. The number of tetrazole rings is 1. The maximum Gasteiger partial charge on any atom is 0.246 e. The Morgan fingerprint density at radius 1 is 1.06 bits per heavy atom. The number of nitrogens with zero attached hydrogens (tertiary/aromatic N) is 4. The first kappa shape index (κ1) is 22.2. The summed E-state index contributed by atoms with van der Waals surface area (Å²) in [6, 6.07) is 11.5. The molecular formula is C21H26N6O3Si. The van der Waals surface area contributed by atoms with Gasteiger partial charge >= 0.3 is 0 Å². The zero-order valence-electron chi connectivity index (χ0n) is 18.3. The Hall–Kier alpha value is -3.53. The lowest BCUT2D eigenvalue weighted by molar-refractivity contribution is -0.117. The van der Waals surface area contributed by atoms with Gasteiger partial charge in [-0.05, 0) is 34.2 Å². The van der Waals surface area contributed by atoms with Crippen LogP contribution in [0.25, 0.3) is 11.1 Å². The Morgan fingerprint density at radius 3 is 2.32 bits per heavy atom. The molecule has 1 heterocycles. The highest BCUT2D eigenvalue weighted by Gasteiger charge is 2.26. The Bertz CT molecular complexity index is 1080. The quantitative estimate of drug-likeness (QED) is 0.548. The lowest BCUT2D eigenvalue weighted by atomic mass is 10.0. The smallest absolute Gasteiger partial charge is 0.246 e. The van der Waals surface area contributed by atoms with Gasteiger partial charge < -0.3 is 15.4 Å². The van der Waals surface area contributed by atoms with Crippen LogP contribution in [0.1, 0.15) is 6.92 Å². The highest BCUT2D eigenvalue weighted by molar-refractivity contribution is 6.89. The third-order valence-electron chi connectivity index (χ3n) is 4.66. The van der Waals surface area contributed by atoms with Crippen molar-refractivity contribution in [2.24, 2.45) is 0 Å². The molecule has 2 amide bonds. The van der Waals surface area contributed by atoms with E-state index >= 15 is 0 Å². The molecule has 162 valence electrons. The summed E-state index contributed by atoms with van der Waals surface area (Å²) in [7, 11) is -0.208. The van der Waals surface area contributed by atoms with E-state index in [1.807, 2.05) is 36.4 Å². The predicted octanol–water partition coefficient (Wildman–Crippen LogP) is 2.49. The fourth-order valence-corrected chi connectivity index (χ4v) is 4.89. The molecule has 0 radical (unpaired) electrons. The van der Waals surface area contributed by atoms with Crippen LogP contribution in [0.5, 0.6) is 5.75 Å². The standard InChI is InChI=1S/C21H26N6O3Si/c1-14(28)23-17-10-11-18(31(3,4)5)20(15-6-8-16(30-2)9-7-15)21(17)24-19(29)12-27-13-22-25-26-27/h6-11,13H,12H2,1-5H3,(H,23,28)(H,24,29). The summed E-state index contributed by atoms with van der Waals surface area (Å²) in [5, 5.41) is 17.8. The number of hydrogen-bond donors (Lipinski definition) is 2. The molecule has 0 aliphatic heterocycles. The minimum absolute atomic E-state index is 0.0499. The van der Waals surface area contributed by atoms with Crippen LogP contribution in [-0.2, 0) is 16.1 Å². The van der Waals surface area contributed by atoms with Gasteiger partial charge in [0.05, 0.1) is 26.6 Å². The molecule has 31 heavy (non-hydrogen) atoms. The lowest BCUT2D eigenvalue weighted by Crippen LogP contribution is -2.39. The van der Waals surface area contributed by atoms with E-state index in [0.29, 0.717) is 11.4 Å². The molecule has 10 heteroatoms. The van der Waals surface area contributed by atoms with Gasteiger partial charge in [0.25, 0.3) is 0 Å². The molecule has 0 saturated carbocycles. The van der Waals surface area contributed by atoms with Crippen LogP contribution in [0.4, 0.5) is 11.4 Å². The van der Waals surface area contributed by atoms with Gasteiger partial charge in [-0.15, -0.1) is 5.10 Å². The SMILES string of the molecule is COc1ccc(-c2c([Si](C)(C)C)ccc(NC(C)=O)c2NC(=O)Cn2cnnn2)cc1. The predicted molar refractivity (Wildman–Crippen MR) is 122 cm³/mol. The van der Waals surface area contributed by atoms with Crippen LogP contribution >= 0.6 is 0 Å². The van der Waals surface area contributed by atoms with E-state index in [-0.39, 0.29) is 18.4 Å². The second kappa shape index (κ2) is 9.09. The van der Waals surface area contributed by atoms with Crippen LogP contribution in [0.15, 0.2) is 42.7 Å². The van der Waals surface area contributed by atoms with Crippen molar-refractivity contribution in [2.45, 2.75) is 33.1 Å². The molecule has 0 atom stereocenters. The number of ether oxygens (including phenoxy) is 1. The van der Waals surface area contributed by atoms with Crippen LogP contribution in [0.2, 0.25) is 19.6 Å². The largest absolute Gasteiger partial charge is 0.497 e. The topological polar surface area (TPSA) is 111 Å². The van der Waals surface area contributed by atoms with E-state index in [0.717, 1.165) is 22.1 Å². The molecule has 0 spiro atoms. The van der Waals surface area contributed by atoms with Gasteiger partial charge in [-0.1, -0.05) is 43.0 Å². The van der Waals surface area contributed by atoms with E-state index in [2.05, 4.69) is 45.8 Å². The van der Waals surface area contributed by atoms with E-state index in [1.165, 1.54) is 17.9 Å². The molecule has 0 aliphatic carbocycles. The number of hydrogen-bond acceptors (Lipinski definition) is 6. The minimum atomic E-state index is -1.82. The first-order valence-corrected chi connectivity index (χ1v) is 13.3. The first-order chi connectivity index (χ1) is 14.7. The van der Waals surface area contributed by atoms with E-state index in [4.69, 9.17) is 4.74 Å². The maximum absolute atomic E-state index is 12.8. The number of aromatic nitrogens is 4. The summed E-state index contributed by atoms with van der Waals surface area (Å²) in [6.07, 6.45) is 1.37. The summed E-state index contributed by atoms with van der Waals surface area (Å²) < 4.78 is 6.63. The third kappa shape index (κ3) is 5.34. The zero-order valence-corrected chi connectivity index (χ0v) is 19.3. The summed E-state index contributed by atoms with van der Waals surface area (Å²) in [5.41, 5.74) is 2.89. The van der Waals surface area contributed by atoms with Crippen LogP contribution < -0.4 is 20.6 Å². The molecule has 0 fully saturated rings. The molecule has 2 N–H and O–H groups in total. The number of amides is 2. The summed E-state index contributed by atoms with van der Waals surface area (Å²) >= 11 is 0. The number of carbonyl (C=O) groups is 2. The van der Waals surface area contributed by atoms with Crippen molar-refractivity contribution in [3.63, 3.8) is 0 Å². The van der Waals surface area contributed by atoms with Crippen molar-refractivity contribution in [3.8, 4) is 16.9 Å². The van der Waals surface area contributed by atoms with Crippen LogP contribution in [0, 0.1) is 0 Å². The average molecular weight is 439 g/mol. The Balaban J connectivity index is 2.16. The fraction of sp³-hybridized carbons (Fsp3) is 0.286. The first-order valence-electron chi connectivity index (χ1n) is 9.79. The molecule has 3 rings (SSSR count). The van der Waals surface area contributed by atoms with E-state index < -0.39 is 8.07 Å². The highest BCUT2D eigenvalue weighted by Crippen LogP contribution is 2.35. The van der Waals surface area contributed by atoms with Gasteiger partial charge in [0.1, 0.15) is 18.6 Å². The normalized spacial score (nSPS) is 11.1. The Kier molecular flexibility index (Phi) is 6.49. The number of rotatable bonds is 7. The molecule has 0 bridgehead atoms. The second-order valence-corrected chi connectivity index (χ2v) is 13.2. The van der Waals surface area contributed by atoms with Crippen molar-refractivity contribution in [1.29, 1.82) is 0 Å². The minimum Gasteiger partial charge on any atom is -0.497 e. The van der Waals surface area contributed by atoms with Crippen LogP contribution in [-0.4, -0.2) is 47.2 Å². The molecule has 0 unspecified atom stereocenters. The molecule has 3 aromatic rings.